The quantitative estimate of drug-likeness (QED) is 0.173. The van der Waals surface area contributed by atoms with Gasteiger partial charge in [0.25, 0.3) is 0 Å². The molecule has 41 heavy (non-hydrogen) atoms. The smallest absolute Gasteiger partial charge is 0.308 e. The molecule has 1 aliphatic heterocycles. The first kappa shape index (κ1) is 31.2. The number of likely N-dealkylation sites (tertiary alicyclic amines) is 1. The van der Waals surface area contributed by atoms with E-state index in [1.165, 1.54) is 18.1 Å². The van der Waals surface area contributed by atoms with Gasteiger partial charge in [0, 0.05) is 50.9 Å². The topological polar surface area (TPSA) is 59.1 Å². The van der Waals surface area contributed by atoms with E-state index in [0.29, 0.717) is 24.0 Å². The average molecular weight is 563 g/mol. The summed E-state index contributed by atoms with van der Waals surface area (Å²) in [6.07, 6.45) is 7.53. The van der Waals surface area contributed by atoms with Crippen LogP contribution in [0, 0.1) is 11.8 Å². The largest absolute Gasteiger partial charge is 0.427 e. The van der Waals surface area contributed by atoms with Gasteiger partial charge < -0.3 is 19.3 Å². The molecule has 1 saturated carbocycles. The number of methoxy groups -OCH3 is 1. The number of unbranched alkanes of at least 4 members (excludes halogenated alkanes) is 2. The van der Waals surface area contributed by atoms with Gasteiger partial charge in [-0.15, -0.1) is 0 Å². The van der Waals surface area contributed by atoms with Gasteiger partial charge in [-0.1, -0.05) is 62.7 Å². The van der Waals surface area contributed by atoms with Crippen molar-refractivity contribution in [3.8, 4) is 5.75 Å². The molecular formula is C35H50N2O4. The summed E-state index contributed by atoms with van der Waals surface area (Å²) >= 11 is 0. The lowest BCUT2D eigenvalue weighted by Crippen LogP contribution is -2.61. The number of fused-ring (bicyclic) bond motifs is 1. The number of rotatable bonds is 12. The van der Waals surface area contributed by atoms with Crippen LogP contribution in [0.15, 0.2) is 54.6 Å². The third kappa shape index (κ3) is 7.98. The lowest BCUT2D eigenvalue weighted by atomic mass is 9.56. The van der Waals surface area contributed by atoms with Crippen LogP contribution in [0.2, 0.25) is 0 Å². The Morgan fingerprint density at radius 3 is 2.56 bits per heavy atom. The van der Waals surface area contributed by atoms with Crippen molar-refractivity contribution in [3.63, 3.8) is 0 Å². The molecular weight excluding hydrogens is 512 g/mol. The molecule has 2 fully saturated rings. The van der Waals surface area contributed by atoms with Crippen LogP contribution in [0.4, 0.5) is 0 Å². The first-order chi connectivity index (χ1) is 19.7. The van der Waals surface area contributed by atoms with E-state index >= 15 is 0 Å². The zero-order valence-electron chi connectivity index (χ0n) is 25.8. The van der Waals surface area contributed by atoms with Crippen molar-refractivity contribution in [1.82, 2.24) is 9.80 Å². The highest BCUT2D eigenvalue weighted by molar-refractivity contribution is 5.76. The highest BCUT2D eigenvalue weighted by Gasteiger charge is 2.53. The lowest BCUT2D eigenvalue weighted by Gasteiger charge is -2.56. The molecule has 1 saturated heterocycles. The SMILES string of the molecule is COC1C[C@H](N(CC(C)C)C(=O)CCCCCc2ccccc2)C[C@]2(c3cccc(OC(C)=O)c3)CCN(C)C[C@@H]12. The molecule has 1 unspecified atom stereocenters. The molecule has 0 spiro atoms. The van der Waals surface area contributed by atoms with Crippen molar-refractivity contribution >= 4 is 11.9 Å². The molecule has 224 valence electrons. The maximum absolute atomic E-state index is 13.9. The molecule has 0 radical (unpaired) electrons. The van der Waals surface area contributed by atoms with Gasteiger partial charge in [-0.3, -0.25) is 9.59 Å². The second kappa shape index (κ2) is 14.5. The molecule has 2 aliphatic rings. The van der Waals surface area contributed by atoms with Crippen LogP contribution in [-0.2, 0) is 26.2 Å². The summed E-state index contributed by atoms with van der Waals surface area (Å²) in [7, 11) is 4.01. The summed E-state index contributed by atoms with van der Waals surface area (Å²) in [5, 5.41) is 0. The number of esters is 1. The molecule has 0 N–H and O–H groups in total. The van der Waals surface area contributed by atoms with Crippen LogP contribution >= 0.6 is 0 Å². The number of hydrogen-bond donors (Lipinski definition) is 0. The fraction of sp³-hybridized carbons (Fsp3) is 0.600. The highest BCUT2D eigenvalue weighted by Crippen LogP contribution is 2.51. The Morgan fingerprint density at radius 2 is 1.85 bits per heavy atom. The van der Waals surface area contributed by atoms with E-state index < -0.39 is 0 Å². The van der Waals surface area contributed by atoms with Gasteiger partial charge in [0.15, 0.2) is 0 Å². The second-order valence-corrected chi connectivity index (χ2v) is 12.8. The maximum atomic E-state index is 13.9. The molecule has 1 heterocycles. The Morgan fingerprint density at radius 1 is 1.07 bits per heavy atom. The van der Waals surface area contributed by atoms with Crippen molar-refractivity contribution in [1.29, 1.82) is 0 Å². The zero-order chi connectivity index (χ0) is 29.4. The Kier molecular flexibility index (Phi) is 11.0. The minimum Gasteiger partial charge on any atom is -0.427 e. The number of benzene rings is 2. The minimum absolute atomic E-state index is 0.0437. The van der Waals surface area contributed by atoms with Crippen molar-refractivity contribution in [2.75, 3.05) is 33.8 Å². The number of carbonyl (C=O) groups is 2. The normalized spacial score (nSPS) is 24.6. The third-order valence-corrected chi connectivity index (χ3v) is 9.21. The molecule has 1 aliphatic carbocycles. The van der Waals surface area contributed by atoms with E-state index in [-0.39, 0.29) is 29.4 Å². The van der Waals surface area contributed by atoms with Gasteiger partial charge in [-0.05, 0) is 81.3 Å². The first-order valence-corrected chi connectivity index (χ1v) is 15.6. The Bertz CT molecular complexity index is 1140. The second-order valence-electron chi connectivity index (χ2n) is 12.8. The van der Waals surface area contributed by atoms with Crippen molar-refractivity contribution < 1.29 is 19.1 Å². The molecule has 6 nitrogen and oxygen atoms in total. The highest BCUT2D eigenvalue weighted by atomic mass is 16.5. The molecule has 4 atom stereocenters. The minimum atomic E-state index is -0.312. The van der Waals surface area contributed by atoms with Crippen LogP contribution in [-0.4, -0.2) is 67.6 Å². The number of carbonyl (C=O) groups excluding carboxylic acids is 2. The predicted molar refractivity (Wildman–Crippen MR) is 164 cm³/mol. The van der Waals surface area contributed by atoms with Crippen LogP contribution in [0.3, 0.4) is 0 Å². The van der Waals surface area contributed by atoms with Crippen molar-refractivity contribution in [3.05, 3.63) is 65.7 Å². The van der Waals surface area contributed by atoms with E-state index in [2.05, 4.69) is 73.2 Å². The first-order valence-electron chi connectivity index (χ1n) is 15.6. The maximum Gasteiger partial charge on any atom is 0.308 e. The number of amides is 1. The standard InChI is InChI=1S/C35H50N2O4/c1-26(2)24-37(34(39)18-11-7-10-15-28-13-8-6-9-14-28)30-22-33(40-5)32-25-36(4)20-19-35(32,23-30)29-16-12-17-31(21-29)41-27(3)38/h6,8-9,12-14,16-17,21,26,30,32-33H,7,10-11,15,18-20,22-25H2,1-5H3/t30-,32-,33?,35-/m0/s1. The molecule has 1 amide bonds. The van der Waals surface area contributed by atoms with Gasteiger partial charge >= 0.3 is 5.97 Å². The predicted octanol–water partition coefficient (Wildman–Crippen LogP) is 6.27. The summed E-state index contributed by atoms with van der Waals surface area (Å²) in [6, 6.07) is 18.8. The monoisotopic (exact) mass is 562 g/mol. The summed E-state index contributed by atoms with van der Waals surface area (Å²) < 4.78 is 11.7. The van der Waals surface area contributed by atoms with Crippen LogP contribution < -0.4 is 4.74 Å². The third-order valence-electron chi connectivity index (χ3n) is 9.21. The van der Waals surface area contributed by atoms with E-state index in [1.807, 2.05) is 19.2 Å². The van der Waals surface area contributed by atoms with Crippen LogP contribution in [0.5, 0.6) is 5.75 Å². The Hall–Kier alpha value is -2.70. The van der Waals surface area contributed by atoms with Gasteiger partial charge in [0.2, 0.25) is 5.91 Å². The van der Waals surface area contributed by atoms with Gasteiger partial charge in [-0.25, -0.2) is 0 Å². The number of ether oxygens (including phenoxy) is 2. The zero-order valence-corrected chi connectivity index (χ0v) is 25.8. The number of piperidine rings is 1. The number of aryl methyl sites for hydroxylation is 1. The molecule has 0 aromatic heterocycles. The summed E-state index contributed by atoms with van der Waals surface area (Å²) in [5.41, 5.74) is 2.40. The van der Waals surface area contributed by atoms with Gasteiger partial charge in [0.1, 0.15) is 5.75 Å². The summed E-state index contributed by atoms with van der Waals surface area (Å²) in [6.45, 7) is 8.54. The van der Waals surface area contributed by atoms with Crippen molar-refractivity contribution in [2.45, 2.75) is 89.7 Å². The fourth-order valence-corrected chi connectivity index (χ4v) is 7.27. The van der Waals surface area contributed by atoms with Gasteiger partial charge in [-0.2, -0.15) is 0 Å². The molecule has 6 heteroatoms. The van der Waals surface area contributed by atoms with E-state index in [0.717, 1.165) is 64.6 Å². The fourth-order valence-electron chi connectivity index (χ4n) is 7.27. The lowest BCUT2D eigenvalue weighted by molar-refractivity contribution is -0.140. The Balaban J connectivity index is 1.54. The van der Waals surface area contributed by atoms with Crippen molar-refractivity contribution in [2.24, 2.45) is 11.8 Å². The molecule has 0 bridgehead atoms. The van der Waals surface area contributed by atoms with E-state index in [4.69, 9.17) is 9.47 Å². The van der Waals surface area contributed by atoms with E-state index in [9.17, 15) is 9.59 Å². The van der Waals surface area contributed by atoms with Crippen LogP contribution in [0.1, 0.15) is 76.8 Å². The molecule has 4 rings (SSSR count). The molecule has 2 aromatic rings. The van der Waals surface area contributed by atoms with E-state index in [1.54, 1.807) is 0 Å². The number of hydrogen-bond acceptors (Lipinski definition) is 5. The van der Waals surface area contributed by atoms with Crippen LogP contribution in [0.25, 0.3) is 0 Å². The summed E-state index contributed by atoms with van der Waals surface area (Å²) in [4.78, 5) is 30.2. The number of nitrogens with zero attached hydrogens (tertiary/aromatic N) is 2. The Labute approximate surface area is 247 Å². The summed E-state index contributed by atoms with van der Waals surface area (Å²) in [5.74, 6) is 1.23. The van der Waals surface area contributed by atoms with Gasteiger partial charge in [0.05, 0.1) is 6.10 Å². The average Bonchev–Trinajstić information content (AvgIpc) is 2.95. The molecule has 2 aromatic carbocycles.